The number of benzene rings is 2. The Balaban J connectivity index is 1.76. The highest BCUT2D eigenvalue weighted by molar-refractivity contribution is 5.92. The minimum absolute atomic E-state index is 0.0171. The molecule has 0 spiro atoms. The molecule has 2 N–H and O–H groups in total. The number of fused-ring (bicyclic) bond motifs is 5. The molecule has 2 heterocycles. The van der Waals surface area contributed by atoms with E-state index in [1.165, 1.54) is 29.2 Å². The fourth-order valence-electron chi connectivity index (χ4n) is 6.20. The van der Waals surface area contributed by atoms with Gasteiger partial charge in [-0.1, -0.05) is 67.1 Å². The van der Waals surface area contributed by atoms with Crippen LogP contribution < -0.4 is 0 Å². The molecule has 1 aromatic heterocycles. The summed E-state index contributed by atoms with van der Waals surface area (Å²) in [6.07, 6.45) is 4.40. The third kappa shape index (κ3) is 3.51. The van der Waals surface area contributed by atoms with Crippen LogP contribution in [0.1, 0.15) is 36.6 Å². The molecule has 0 amide bonds. The molecule has 3 atom stereocenters. The van der Waals surface area contributed by atoms with Gasteiger partial charge in [-0.3, -0.25) is 9.69 Å². The van der Waals surface area contributed by atoms with Crippen molar-refractivity contribution in [1.29, 1.82) is 0 Å². The second kappa shape index (κ2) is 8.81. The van der Waals surface area contributed by atoms with Crippen molar-refractivity contribution < 1.29 is 14.6 Å². The minimum atomic E-state index is -0.901. The van der Waals surface area contributed by atoms with Crippen LogP contribution in [0.2, 0.25) is 0 Å². The highest BCUT2D eigenvalue weighted by Crippen LogP contribution is 2.50. The summed E-state index contributed by atoms with van der Waals surface area (Å²) in [6, 6.07) is 18.6. The Bertz CT molecular complexity index is 1180. The quantitative estimate of drug-likeness (QED) is 0.454. The molecular weight excluding hydrogens is 412 g/mol. The molecule has 5 heteroatoms. The SMILES string of the molecule is CCC1=C[C@H](CO)C[C@]2(C(=O)OC)c3[nH]c4ccccc4c3CCN(Cc3ccccc3)[C@H]12. The molecule has 0 saturated carbocycles. The van der Waals surface area contributed by atoms with E-state index in [0.717, 1.165) is 37.1 Å². The number of aliphatic hydroxyl groups excluding tert-OH is 1. The number of carbonyl (C=O) groups excluding carboxylic acids is 1. The fourth-order valence-corrected chi connectivity index (χ4v) is 6.20. The van der Waals surface area contributed by atoms with Crippen LogP contribution in [0.3, 0.4) is 0 Å². The topological polar surface area (TPSA) is 65.6 Å². The molecule has 0 unspecified atom stereocenters. The zero-order valence-corrected chi connectivity index (χ0v) is 19.4. The minimum Gasteiger partial charge on any atom is -0.468 e. The number of carbonyl (C=O) groups is 1. The van der Waals surface area contributed by atoms with E-state index in [9.17, 15) is 9.90 Å². The van der Waals surface area contributed by atoms with Gasteiger partial charge in [-0.25, -0.2) is 0 Å². The van der Waals surface area contributed by atoms with Crippen LogP contribution in [-0.2, 0) is 27.9 Å². The normalized spacial score (nSPS) is 25.1. The van der Waals surface area contributed by atoms with Crippen LogP contribution in [0.5, 0.6) is 0 Å². The lowest BCUT2D eigenvalue weighted by Crippen LogP contribution is -2.58. The number of ether oxygens (including phenoxy) is 1. The lowest BCUT2D eigenvalue weighted by atomic mass is 9.63. The number of aliphatic hydroxyl groups is 1. The van der Waals surface area contributed by atoms with Crippen LogP contribution in [0.15, 0.2) is 66.2 Å². The maximum absolute atomic E-state index is 13.9. The lowest BCUT2D eigenvalue weighted by Gasteiger charge is -2.48. The third-order valence-corrected chi connectivity index (χ3v) is 7.55. The van der Waals surface area contributed by atoms with Crippen molar-refractivity contribution >= 4 is 16.9 Å². The molecule has 0 bridgehead atoms. The summed E-state index contributed by atoms with van der Waals surface area (Å²) in [5.41, 5.74) is 4.75. The van der Waals surface area contributed by atoms with Crippen LogP contribution in [0, 0.1) is 5.92 Å². The first kappa shape index (κ1) is 21.9. The number of hydrogen-bond donors (Lipinski definition) is 2. The number of rotatable bonds is 5. The zero-order chi connectivity index (χ0) is 23.0. The van der Waals surface area contributed by atoms with Gasteiger partial charge in [0.05, 0.1) is 13.2 Å². The molecular formula is C28H32N2O3. The van der Waals surface area contributed by atoms with E-state index >= 15 is 0 Å². The van der Waals surface area contributed by atoms with E-state index in [1.807, 2.05) is 12.1 Å². The Labute approximate surface area is 195 Å². The average Bonchev–Trinajstić information content (AvgIpc) is 3.18. The Morgan fingerprint density at radius 1 is 1.18 bits per heavy atom. The zero-order valence-electron chi connectivity index (χ0n) is 19.4. The van der Waals surface area contributed by atoms with Crippen molar-refractivity contribution in [2.45, 2.75) is 44.2 Å². The van der Waals surface area contributed by atoms with E-state index in [2.05, 4.69) is 65.3 Å². The van der Waals surface area contributed by atoms with Gasteiger partial charge in [0.1, 0.15) is 5.41 Å². The number of aromatic nitrogens is 1. The second-order valence-electron chi connectivity index (χ2n) is 9.34. The van der Waals surface area contributed by atoms with E-state index < -0.39 is 5.41 Å². The lowest BCUT2D eigenvalue weighted by molar-refractivity contribution is -0.152. The molecule has 172 valence electrons. The van der Waals surface area contributed by atoms with Gasteiger partial charge in [0.2, 0.25) is 0 Å². The van der Waals surface area contributed by atoms with Gasteiger partial charge in [-0.05, 0) is 36.5 Å². The third-order valence-electron chi connectivity index (χ3n) is 7.55. The highest BCUT2D eigenvalue weighted by Gasteiger charge is 2.57. The first-order valence-electron chi connectivity index (χ1n) is 11.9. The molecule has 33 heavy (non-hydrogen) atoms. The number of esters is 1. The van der Waals surface area contributed by atoms with Gasteiger partial charge in [-0.15, -0.1) is 0 Å². The van der Waals surface area contributed by atoms with Gasteiger partial charge in [-0.2, -0.15) is 0 Å². The number of H-pyrrole nitrogens is 1. The Hall–Kier alpha value is -2.89. The smallest absolute Gasteiger partial charge is 0.319 e. The van der Waals surface area contributed by atoms with Crippen molar-refractivity contribution in [3.05, 3.63) is 83.1 Å². The van der Waals surface area contributed by atoms with Gasteiger partial charge in [0.25, 0.3) is 0 Å². The maximum atomic E-state index is 13.9. The molecule has 1 aliphatic carbocycles. The van der Waals surface area contributed by atoms with Crippen LogP contribution in [0.25, 0.3) is 10.9 Å². The molecule has 5 rings (SSSR count). The van der Waals surface area contributed by atoms with E-state index in [0.29, 0.717) is 6.42 Å². The molecule has 2 aromatic carbocycles. The molecule has 2 aliphatic rings. The summed E-state index contributed by atoms with van der Waals surface area (Å²) in [4.78, 5) is 20.0. The van der Waals surface area contributed by atoms with Gasteiger partial charge in [0, 0.05) is 42.2 Å². The number of para-hydroxylation sites is 1. The van der Waals surface area contributed by atoms with E-state index in [1.54, 1.807) is 0 Å². The van der Waals surface area contributed by atoms with Gasteiger partial charge < -0.3 is 14.8 Å². The van der Waals surface area contributed by atoms with Gasteiger partial charge in [0.15, 0.2) is 0 Å². The van der Waals surface area contributed by atoms with Crippen molar-refractivity contribution in [1.82, 2.24) is 9.88 Å². The van der Waals surface area contributed by atoms with Crippen molar-refractivity contribution in [3.8, 4) is 0 Å². The maximum Gasteiger partial charge on any atom is 0.319 e. The van der Waals surface area contributed by atoms with Crippen molar-refractivity contribution in [2.75, 3.05) is 20.3 Å². The summed E-state index contributed by atoms with van der Waals surface area (Å²) < 4.78 is 5.55. The van der Waals surface area contributed by atoms with Crippen LogP contribution in [0.4, 0.5) is 0 Å². The summed E-state index contributed by atoms with van der Waals surface area (Å²) in [6.45, 7) is 3.76. The Morgan fingerprint density at radius 2 is 1.94 bits per heavy atom. The molecule has 1 aliphatic heterocycles. The molecule has 5 nitrogen and oxygen atoms in total. The molecule has 0 radical (unpaired) electrons. The first-order chi connectivity index (χ1) is 16.1. The predicted octanol–water partition coefficient (Wildman–Crippen LogP) is 4.35. The summed E-state index contributed by atoms with van der Waals surface area (Å²) in [5.74, 6) is -0.316. The Kier molecular flexibility index (Phi) is 5.85. The second-order valence-corrected chi connectivity index (χ2v) is 9.34. The standard InChI is InChI=1S/C28H32N2O3/c1-3-21-15-20(18-31)16-28(27(32)33-2)25-23(22-11-7-8-12-24(22)29-25)13-14-30(26(21)28)17-19-9-5-4-6-10-19/h4-12,15,20,26,29,31H,3,13-14,16-18H2,1-2H3/t20-,26+,28-/m0/s1. The van der Waals surface area contributed by atoms with Crippen LogP contribution >= 0.6 is 0 Å². The number of hydrogen-bond acceptors (Lipinski definition) is 4. The largest absolute Gasteiger partial charge is 0.468 e. The fraction of sp³-hybridized carbons (Fsp3) is 0.393. The Morgan fingerprint density at radius 3 is 2.67 bits per heavy atom. The summed E-state index contributed by atoms with van der Waals surface area (Å²) in [7, 11) is 1.49. The number of aromatic amines is 1. The number of nitrogens with zero attached hydrogens (tertiary/aromatic N) is 1. The predicted molar refractivity (Wildman–Crippen MR) is 130 cm³/mol. The molecule has 3 aromatic rings. The molecule has 0 fully saturated rings. The number of methoxy groups -OCH3 is 1. The van der Waals surface area contributed by atoms with Crippen molar-refractivity contribution in [3.63, 3.8) is 0 Å². The van der Waals surface area contributed by atoms with E-state index in [-0.39, 0.29) is 24.5 Å². The van der Waals surface area contributed by atoms with E-state index in [4.69, 9.17) is 4.74 Å². The van der Waals surface area contributed by atoms with Crippen LogP contribution in [-0.4, -0.2) is 47.3 Å². The first-order valence-corrected chi connectivity index (χ1v) is 11.9. The van der Waals surface area contributed by atoms with Gasteiger partial charge >= 0.3 is 5.97 Å². The number of nitrogens with one attached hydrogen (secondary N) is 1. The monoisotopic (exact) mass is 444 g/mol. The van der Waals surface area contributed by atoms with Crippen molar-refractivity contribution in [2.24, 2.45) is 5.92 Å². The summed E-state index contributed by atoms with van der Waals surface area (Å²) in [5, 5.41) is 11.4. The molecule has 0 saturated heterocycles. The highest BCUT2D eigenvalue weighted by atomic mass is 16.5. The average molecular weight is 445 g/mol. The summed E-state index contributed by atoms with van der Waals surface area (Å²) >= 11 is 0.